The number of rotatable bonds is 7. The van der Waals surface area contributed by atoms with E-state index in [1.54, 1.807) is 0 Å². The van der Waals surface area contributed by atoms with Crippen molar-refractivity contribution in [2.75, 3.05) is 33.7 Å². The van der Waals surface area contributed by atoms with Gasteiger partial charge in [0.25, 0.3) is 0 Å². The summed E-state index contributed by atoms with van der Waals surface area (Å²) in [6.45, 7) is 10.9. The summed E-state index contributed by atoms with van der Waals surface area (Å²) in [5.74, 6) is 0.283. The fourth-order valence-electron chi connectivity index (χ4n) is 1.43. The van der Waals surface area contributed by atoms with Gasteiger partial charge in [0.2, 0.25) is 5.91 Å². The van der Waals surface area contributed by atoms with Crippen LogP contribution in [0.15, 0.2) is 0 Å². The molecule has 0 radical (unpaired) electrons. The molecule has 98 valence electrons. The van der Waals surface area contributed by atoms with Gasteiger partial charge in [-0.2, -0.15) is 0 Å². The Balaban J connectivity index is 0. The normalized spacial score (nSPS) is 9.69. The minimum absolute atomic E-state index is 0.283. The Hall–Kier alpha value is -0.570. The fourth-order valence-corrected chi connectivity index (χ4v) is 1.43. The molecule has 3 nitrogen and oxygen atoms in total. The van der Waals surface area contributed by atoms with E-state index < -0.39 is 0 Å². The van der Waals surface area contributed by atoms with Crippen molar-refractivity contribution >= 4 is 5.91 Å². The molecule has 0 aromatic carbocycles. The number of carbonyl (C=O) groups is 1. The first-order chi connectivity index (χ1) is 7.61. The van der Waals surface area contributed by atoms with E-state index >= 15 is 0 Å². The van der Waals surface area contributed by atoms with Crippen LogP contribution in [-0.4, -0.2) is 49.4 Å². The van der Waals surface area contributed by atoms with Gasteiger partial charge in [0.05, 0.1) is 0 Å². The highest BCUT2D eigenvalue weighted by Crippen LogP contribution is 1.98. The average molecular weight is 230 g/mol. The van der Waals surface area contributed by atoms with Crippen LogP contribution in [0, 0.1) is 0 Å². The summed E-state index contributed by atoms with van der Waals surface area (Å²) in [5.41, 5.74) is 0. The second-order valence-corrected chi connectivity index (χ2v) is 3.89. The lowest BCUT2D eigenvalue weighted by molar-refractivity contribution is -0.131. The highest BCUT2D eigenvalue weighted by Gasteiger charge is 2.09. The minimum Gasteiger partial charge on any atom is -0.343 e. The summed E-state index contributed by atoms with van der Waals surface area (Å²) in [5, 5.41) is 0. The van der Waals surface area contributed by atoms with E-state index in [9.17, 15) is 4.79 Å². The molecule has 0 aromatic heterocycles. The highest BCUT2D eigenvalue weighted by atomic mass is 16.2. The van der Waals surface area contributed by atoms with Gasteiger partial charge in [-0.25, -0.2) is 0 Å². The third kappa shape index (κ3) is 9.97. The Morgan fingerprint density at radius 3 is 1.94 bits per heavy atom. The standard InChI is InChI=1S/C11H24N2O.C2H6/c1-5-8-13(11(14)6-2)10-7-9-12(3)4;1-2/h5-10H2,1-4H3;1-2H3. The van der Waals surface area contributed by atoms with Crippen molar-refractivity contribution in [2.24, 2.45) is 0 Å². The topological polar surface area (TPSA) is 23.6 Å². The smallest absolute Gasteiger partial charge is 0.222 e. The third-order valence-corrected chi connectivity index (χ3v) is 2.18. The maximum atomic E-state index is 11.5. The molecular formula is C13H30N2O. The lowest BCUT2D eigenvalue weighted by Crippen LogP contribution is -2.33. The predicted molar refractivity (Wildman–Crippen MR) is 71.7 cm³/mol. The van der Waals surface area contributed by atoms with E-state index in [-0.39, 0.29) is 5.91 Å². The van der Waals surface area contributed by atoms with Gasteiger partial charge in [0.1, 0.15) is 0 Å². The van der Waals surface area contributed by atoms with Crippen LogP contribution in [0.5, 0.6) is 0 Å². The van der Waals surface area contributed by atoms with E-state index in [2.05, 4.69) is 25.9 Å². The fraction of sp³-hybridized carbons (Fsp3) is 0.923. The van der Waals surface area contributed by atoms with Crippen LogP contribution >= 0.6 is 0 Å². The first-order valence-corrected chi connectivity index (χ1v) is 6.54. The molecule has 0 spiro atoms. The van der Waals surface area contributed by atoms with Crippen LogP contribution in [0.2, 0.25) is 0 Å². The van der Waals surface area contributed by atoms with Crippen LogP contribution in [0.1, 0.15) is 47.0 Å². The van der Waals surface area contributed by atoms with Crippen molar-refractivity contribution in [3.8, 4) is 0 Å². The second-order valence-electron chi connectivity index (χ2n) is 3.89. The van der Waals surface area contributed by atoms with E-state index in [4.69, 9.17) is 0 Å². The first-order valence-electron chi connectivity index (χ1n) is 6.54. The van der Waals surface area contributed by atoms with Crippen LogP contribution in [0.25, 0.3) is 0 Å². The molecule has 0 saturated carbocycles. The average Bonchev–Trinajstić information content (AvgIpc) is 2.29. The molecule has 0 N–H and O–H groups in total. The summed E-state index contributed by atoms with van der Waals surface area (Å²) in [7, 11) is 4.12. The van der Waals surface area contributed by atoms with Crippen LogP contribution in [0.4, 0.5) is 0 Å². The number of hydrogen-bond acceptors (Lipinski definition) is 2. The monoisotopic (exact) mass is 230 g/mol. The van der Waals surface area contributed by atoms with Crippen LogP contribution in [-0.2, 0) is 4.79 Å². The van der Waals surface area contributed by atoms with Gasteiger partial charge in [-0.1, -0.05) is 27.7 Å². The van der Waals surface area contributed by atoms with Crippen molar-refractivity contribution in [1.82, 2.24) is 9.80 Å². The van der Waals surface area contributed by atoms with Crippen molar-refractivity contribution < 1.29 is 4.79 Å². The molecule has 0 aliphatic rings. The van der Waals surface area contributed by atoms with E-state index in [1.807, 2.05) is 25.7 Å². The molecule has 1 amide bonds. The van der Waals surface area contributed by atoms with Crippen molar-refractivity contribution in [3.63, 3.8) is 0 Å². The maximum absolute atomic E-state index is 11.5. The van der Waals surface area contributed by atoms with Crippen LogP contribution < -0.4 is 0 Å². The molecule has 3 heteroatoms. The number of amides is 1. The molecular weight excluding hydrogens is 200 g/mol. The molecule has 0 bridgehead atoms. The van der Waals surface area contributed by atoms with Crippen LogP contribution in [0.3, 0.4) is 0 Å². The van der Waals surface area contributed by atoms with Crippen molar-refractivity contribution in [1.29, 1.82) is 0 Å². The molecule has 0 aliphatic carbocycles. The summed E-state index contributed by atoms with van der Waals surface area (Å²) in [4.78, 5) is 15.6. The van der Waals surface area contributed by atoms with Crippen molar-refractivity contribution in [3.05, 3.63) is 0 Å². The van der Waals surface area contributed by atoms with E-state index in [1.165, 1.54) is 0 Å². The zero-order chi connectivity index (χ0) is 13.0. The Labute approximate surface area is 102 Å². The molecule has 0 heterocycles. The number of nitrogens with zero attached hydrogens (tertiary/aromatic N) is 2. The SMILES string of the molecule is CC.CCCN(CCCN(C)C)C(=O)CC. The Morgan fingerprint density at radius 2 is 1.56 bits per heavy atom. The molecule has 0 rings (SSSR count). The minimum atomic E-state index is 0.283. The van der Waals surface area contributed by atoms with E-state index in [0.717, 1.165) is 32.5 Å². The molecule has 0 fully saturated rings. The summed E-state index contributed by atoms with van der Waals surface area (Å²) >= 11 is 0. The number of hydrogen-bond donors (Lipinski definition) is 0. The molecule has 0 aromatic rings. The lowest BCUT2D eigenvalue weighted by atomic mass is 10.3. The Kier molecular flexibility index (Phi) is 13.9. The Morgan fingerprint density at radius 1 is 1.00 bits per heavy atom. The van der Waals surface area contributed by atoms with Crippen molar-refractivity contribution in [2.45, 2.75) is 47.0 Å². The van der Waals surface area contributed by atoms with Gasteiger partial charge in [-0.15, -0.1) is 0 Å². The quantitative estimate of drug-likeness (QED) is 0.671. The summed E-state index contributed by atoms with van der Waals surface area (Å²) in [6.07, 6.45) is 2.74. The lowest BCUT2D eigenvalue weighted by Gasteiger charge is -2.22. The molecule has 0 aliphatic heterocycles. The largest absolute Gasteiger partial charge is 0.343 e. The van der Waals surface area contributed by atoms with Gasteiger partial charge in [0.15, 0.2) is 0 Å². The summed E-state index contributed by atoms with van der Waals surface area (Å²) in [6, 6.07) is 0. The Bertz CT molecular complexity index is 158. The second kappa shape index (κ2) is 12.5. The molecule has 16 heavy (non-hydrogen) atoms. The molecule has 0 atom stereocenters. The van der Waals surface area contributed by atoms with Gasteiger partial charge in [0, 0.05) is 19.5 Å². The first kappa shape index (κ1) is 17.8. The highest BCUT2D eigenvalue weighted by molar-refractivity contribution is 5.75. The predicted octanol–water partition coefficient (Wildman–Crippen LogP) is 2.61. The van der Waals surface area contributed by atoms with E-state index in [0.29, 0.717) is 6.42 Å². The van der Waals surface area contributed by atoms with Gasteiger partial charge in [-0.05, 0) is 33.5 Å². The number of carbonyl (C=O) groups excluding carboxylic acids is 1. The molecule has 0 unspecified atom stereocenters. The van der Waals surface area contributed by atoms with Gasteiger partial charge < -0.3 is 9.80 Å². The zero-order valence-electron chi connectivity index (χ0n) is 12.0. The maximum Gasteiger partial charge on any atom is 0.222 e. The summed E-state index contributed by atoms with van der Waals surface area (Å²) < 4.78 is 0. The zero-order valence-corrected chi connectivity index (χ0v) is 12.0. The third-order valence-electron chi connectivity index (χ3n) is 2.18. The van der Waals surface area contributed by atoms with Gasteiger partial charge >= 0.3 is 0 Å². The van der Waals surface area contributed by atoms with Gasteiger partial charge in [-0.3, -0.25) is 4.79 Å². The molecule has 0 saturated heterocycles.